The Hall–Kier alpha value is -2.93. The SMILES string of the molecule is CCCCCC(COc1cnc(-c2ccc(OCC[C@H](F)CCCC)cc2)nc1)O[C@@H]1C=CC=CO1. The number of benzene rings is 1. The molecule has 0 radical (unpaired) electrons. The van der Waals surface area contributed by atoms with Gasteiger partial charge in [0.15, 0.2) is 11.6 Å². The minimum absolute atomic E-state index is 0.0933. The van der Waals surface area contributed by atoms with Gasteiger partial charge in [0.2, 0.25) is 6.29 Å². The molecule has 3 atom stereocenters. The van der Waals surface area contributed by atoms with Crippen LogP contribution < -0.4 is 9.47 Å². The number of nitrogens with zero attached hydrogens (tertiary/aromatic N) is 2. The third-order valence-corrected chi connectivity index (χ3v) is 5.87. The number of halogens is 1. The lowest BCUT2D eigenvalue weighted by Crippen LogP contribution is -2.28. The van der Waals surface area contributed by atoms with E-state index in [1.165, 1.54) is 0 Å². The maximum Gasteiger partial charge on any atom is 0.219 e. The van der Waals surface area contributed by atoms with Crippen molar-refractivity contribution in [3.8, 4) is 22.9 Å². The first-order chi connectivity index (χ1) is 17.7. The summed E-state index contributed by atoms with van der Waals surface area (Å²) in [6.45, 7) is 5.02. The van der Waals surface area contributed by atoms with E-state index >= 15 is 0 Å². The lowest BCUT2D eigenvalue weighted by atomic mass is 10.1. The molecule has 196 valence electrons. The molecule has 1 aromatic carbocycles. The monoisotopic (exact) mass is 498 g/mol. The van der Waals surface area contributed by atoms with Gasteiger partial charge in [-0.2, -0.15) is 0 Å². The summed E-state index contributed by atoms with van der Waals surface area (Å²) in [5, 5.41) is 0. The highest BCUT2D eigenvalue weighted by Gasteiger charge is 2.17. The minimum Gasteiger partial charge on any atom is -0.493 e. The van der Waals surface area contributed by atoms with Crippen LogP contribution in [0.5, 0.6) is 11.5 Å². The predicted octanol–water partition coefficient (Wildman–Crippen LogP) is 7.21. The Morgan fingerprint density at radius 2 is 1.67 bits per heavy atom. The highest BCUT2D eigenvalue weighted by atomic mass is 19.1. The first-order valence-corrected chi connectivity index (χ1v) is 13.1. The molecule has 0 bridgehead atoms. The Morgan fingerprint density at radius 3 is 2.36 bits per heavy atom. The molecule has 2 heterocycles. The van der Waals surface area contributed by atoms with Gasteiger partial charge in [0.25, 0.3) is 0 Å². The maximum absolute atomic E-state index is 13.8. The predicted molar refractivity (Wildman–Crippen MR) is 140 cm³/mol. The summed E-state index contributed by atoms with van der Waals surface area (Å²) in [7, 11) is 0. The van der Waals surface area contributed by atoms with Crippen molar-refractivity contribution in [1.29, 1.82) is 0 Å². The van der Waals surface area contributed by atoms with Crippen LogP contribution in [0.4, 0.5) is 4.39 Å². The van der Waals surface area contributed by atoms with E-state index in [1.54, 1.807) is 18.7 Å². The zero-order chi connectivity index (χ0) is 25.4. The molecule has 0 saturated heterocycles. The molecule has 0 amide bonds. The largest absolute Gasteiger partial charge is 0.493 e. The van der Waals surface area contributed by atoms with Crippen molar-refractivity contribution in [1.82, 2.24) is 9.97 Å². The second-order valence-electron chi connectivity index (χ2n) is 8.93. The molecule has 3 rings (SSSR count). The van der Waals surface area contributed by atoms with E-state index in [1.807, 2.05) is 42.5 Å². The van der Waals surface area contributed by atoms with Crippen molar-refractivity contribution in [3.05, 3.63) is 61.1 Å². The molecule has 0 spiro atoms. The van der Waals surface area contributed by atoms with Crippen molar-refractivity contribution in [2.75, 3.05) is 13.2 Å². The van der Waals surface area contributed by atoms with Gasteiger partial charge in [0.05, 0.1) is 31.4 Å². The number of hydrogen-bond acceptors (Lipinski definition) is 6. The summed E-state index contributed by atoms with van der Waals surface area (Å²) in [6.07, 6.45) is 16.5. The number of alkyl halides is 1. The third-order valence-electron chi connectivity index (χ3n) is 5.87. The Labute approximate surface area is 214 Å². The van der Waals surface area contributed by atoms with Crippen LogP contribution in [0.3, 0.4) is 0 Å². The topological polar surface area (TPSA) is 62.7 Å². The van der Waals surface area contributed by atoms with E-state index in [0.717, 1.165) is 44.1 Å². The van der Waals surface area contributed by atoms with Crippen LogP contribution in [-0.4, -0.2) is 41.7 Å². The molecule has 0 saturated carbocycles. The van der Waals surface area contributed by atoms with E-state index in [9.17, 15) is 4.39 Å². The molecule has 1 aliphatic heterocycles. The van der Waals surface area contributed by atoms with Crippen LogP contribution in [0.2, 0.25) is 0 Å². The fraction of sp³-hybridized carbons (Fsp3) is 0.517. The molecule has 1 aromatic heterocycles. The summed E-state index contributed by atoms with van der Waals surface area (Å²) in [5.74, 6) is 1.90. The van der Waals surface area contributed by atoms with Crippen LogP contribution in [0.25, 0.3) is 11.4 Å². The van der Waals surface area contributed by atoms with Gasteiger partial charge in [0, 0.05) is 12.0 Å². The number of ether oxygens (including phenoxy) is 4. The van der Waals surface area contributed by atoms with Gasteiger partial charge in [-0.3, -0.25) is 0 Å². The minimum atomic E-state index is -0.800. The van der Waals surface area contributed by atoms with Gasteiger partial charge in [-0.1, -0.05) is 52.0 Å². The molecule has 0 aliphatic carbocycles. The first-order valence-electron chi connectivity index (χ1n) is 13.1. The summed E-state index contributed by atoms with van der Waals surface area (Å²) in [5.41, 5.74) is 0.871. The lowest BCUT2D eigenvalue weighted by Gasteiger charge is -2.23. The van der Waals surface area contributed by atoms with Crippen molar-refractivity contribution in [3.63, 3.8) is 0 Å². The average Bonchev–Trinajstić information content (AvgIpc) is 2.92. The Bertz CT molecular complexity index is 918. The fourth-order valence-electron chi connectivity index (χ4n) is 3.75. The fourth-order valence-corrected chi connectivity index (χ4v) is 3.75. The number of rotatable bonds is 17. The molecule has 1 aliphatic rings. The molecule has 0 N–H and O–H groups in total. The molecule has 1 unspecified atom stereocenters. The molecule has 7 heteroatoms. The first kappa shape index (κ1) is 27.7. The van der Waals surface area contributed by atoms with Crippen molar-refractivity contribution in [2.45, 2.75) is 83.8 Å². The van der Waals surface area contributed by atoms with E-state index < -0.39 is 12.5 Å². The van der Waals surface area contributed by atoms with Crippen molar-refractivity contribution >= 4 is 0 Å². The summed E-state index contributed by atoms with van der Waals surface area (Å²) < 4.78 is 36.9. The zero-order valence-corrected chi connectivity index (χ0v) is 21.5. The highest BCUT2D eigenvalue weighted by molar-refractivity contribution is 5.56. The van der Waals surface area contributed by atoms with Gasteiger partial charge < -0.3 is 18.9 Å². The van der Waals surface area contributed by atoms with Gasteiger partial charge >= 0.3 is 0 Å². The number of hydrogen-bond donors (Lipinski definition) is 0. The third kappa shape index (κ3) is 9.97. The van der Waals surface area contributed by atoms with E-state index in [2.05, 4.69) is 23.8 Å². The van der Waals surface area contributed by atoms with Crippen LogP contribution in [0, 0.1) is 0 Å². The van der Waals surface area contributed by atoms with Gasteiger partial charge in [0.1, 0.15) is 18.5 Å². The van der Waals surface area contributed by atoms with Gasteiger partial charge in [-0.25, -0.2) is 14.4 Å². The Morgan fingerprint density at radius 1 is 0.889 bits per heavy atom. The number of aromatic nitrogens is 2. The lowest BCUT2D eigenvalue weighted by molar-refractivity contribution is -0.124. The summed E-state index contributed by atoms with van der Waals surface area (Å²) >= 11 is 0. The number of allylic oxidation sites excluding steroid dienone is 2. The van der Waals surface area contributed by atoms with Crippen LogP contribution in [0.1, 0.15) is 65.2 Å². The van der Waals surface area contributed by atoms with Gasteiger partial charge in [-0.05, 0) is 49.3 Å². The molecule has 6 nitrogen and oxygen atoms in total. The summed E-state index contributed by atoms with van der Waals surface area (Å²) in [6, 6.07) is 7.52. The van der Waals surface area contributed by atoms with Crippen molar-refractivity contribution in [2.24, 2.45) is 0 Å². The van der Waals surface area contributed by atoms with Crippen LogP contribution >= 0.6 is 0 Å². The van der Waals surface area contributed by atoms with E-state index in [4.69, 9.17) is 18.9 Å². The Balaban J connectivity index is 1.47. The number of unbranched alkanes of at least 4 members (excludes halogenated alkanes) is 3. The van der Waals surface area contributed by atoms with Crippen LogP contribution in [0.15, 0.2) is 61.1 Å². The van der Waals surface area contributed by atoms with Crippen molar-refractivity contribution < 1.29 is 23.3 Å². The molecular weight excluding hydrogens is 459 g/mol. The molecule has 2 aromatic rings. The quantitative estimate of drug-likeness (QED) is 0.215. The normalized spacial score (nSPS) is 16.4. The highest BCUT2D eigenvalue weighted by Crippen LogP contribution is 2.22. The smallest absolute Gasteiger partial charge is 0.219 e. The van der Waals surface area contributed by atoms with E-state index in [0.29, 0.717) is 43.4 Å². The average molecular weight is 499 g/mol. The zero-order valence-electron chi connectivity index (χ0n) is 21.5. The van der Waals surface area contributed by atoms with E-state index in [-0.39, 0.29) is 6.10 Å². The standard InChI is InChI=1S/C29H39FN2O4/c1-3-5-7-11-26(36-28-12-8-9-18-34-28)22-35-27-20-31-29(32-21-27)23-13-15-25(16-14-23)33-19-17-24(30)10-6-4-2/h8-9,12-16,18,20-21,24,26,28H,3-7,10-11,17,19,22H2,1-2H3/t24-,26?,28-/m1/s1. The second-order valence-corrected chi connectivity index (χ2v) is 8.93. The van der Waals surface area contributed by atoms with Crippen LogP contribution in [-0.2, 0) is 9.47 Å². The molecule has 0 fully saturated rings. The maximum atomic E-state index is 13.8. The second kappa shape index (κ2) is 15.9. The van der Waals surface area contributed by atoms with Gasteiger partial charge in [-0.15, -0.1) is 0 Å². The Kier molecular flexibility index (Phi) is 12.2. The molecule has 36 heavy (non-hydrogen) atoms. The summed E-state index contributed by atoms with van der Waals surface area (Å²) in [4.78, 5) is 8.90. The molecular formula is C29H39FN2O4.